The van der Waals surface area contributed by atoms with Crippen molar-refractivity contribution in [3.63, 3.8) is 0 Å². The molecule has 0 spiro atoms. The quantitative estimate of drug-likeness (QED) is 0.778. The van der Waals surface area contributed by atoms with Crippen molar-refractivity contribution >= 4 is 5.78 Å². The molecule has 0 aliphatic heterocycles. The minimum Gasteiger partial charge on any atom is -0.497 e. The Bertz CT molecular complexity index is 620. The van der Waals surface area contributed by atoms with E-state index in [1.54, 1.807) is 30.3 Å². The van der Waals surface area contributed by atoms with Gasteiger partial charge in [0.1, 0.15) is 11.7 Å². The van der Waals surface area contributed by atoms with Crippen molar-refractivity contribution in [2.45, 2.75) is 5.92 Å². The van der Waals surface area contributed by atoms with Crippen LogP contribution in [0.15, 0.2) is 42.7 Å². The minimum absolute atomic E-state index is 0.0388. The zero-order valence-electron chi connectivity index (χ0n) is 10.3. The van der Waals surface area contributed by atoms with Gasteiger partial charge in [0.25, 0.3) is 0 Å². The Kier molecular flexibility index (Phi) is 3.84. The first kappa shape index (κ1) is 12.7. The molecule has 0 aliphatic carbocycles. The Morgan fingerprint density at radius 3 is 2.68 bits per heavy atom. The number of rotatable bonds is 4. The number of nitrogens with zero attached hydrogens (tertiary/aromatic N) is 3. The van der Waals surface area contributed by atoms with Crippen LogP contribution >= 0.6 is 0 Å². The normalized spacial score (nSPS) is 11.4. The van der Waals surface area contributed by atoms with Gasteiger partial charge in [0.2, 0.25) is 5.78 Å². The topological polar surface area (TPSA) is 75.9 Å². The summed E-state index contributed by atoms with van der Waals surface area (Å²) in [4.78, 5) is 19.9. The molecule has 1 aromatic heterocycles. The highest BCUT2D eigenvalue weighted by atomic mass is 16.5. The predicted octanol–water partition coefficient (Wildman–Crippen LogP) is 1.98. The van der Waals surface area contributed by atoms with Crippen LogP contribution in [0.4, 0.5) is 0 Å². The smallest absolute Gasteiger partial charge is 0.221 e. The van der Waals surface area contributed by atoms with Crippen LogP contribution in [0.25, 0.3) is 0 Å². The number of carbonyl (C=O) groups excluding carboxylic acids is 1. The van der Waals surface area contributed by atoms with Crippen molar-refractivity contribution in [3.8, 4) is 11.8 Å². The number of hydrogen-bond acceptors (Lipinski definition) is 5. The van der Waals surface area contributed by atoms with Crippen molar-refractivity contribution in [3.05, 3.63) is 54.1 Å². The van der Waals surface area contributed by atoms with Crippen molar-refractivity contribution in [1.82, 2.24) is 9.97 Å². The van der Waals surface area contributed by atoms with Crippen LogP contribution in [0.2, 0.25) is 0 Å². The average molecular weight is 253 g/mol. The number of methoxy groups -OCH3 is 1. The highest BCUT2D eigenvalue weighted by Crippen LogP contribution is 2.22. The molecule has 0 saturated heterocycles. The van der Waals surface area contributed by atoms with E-state index < -0.39 is 11.7 Å². The number of ketones is 1. The molecule has 0 bridgehead atoms. The van der Waals surface area contributed by atoms with Gasteiger partial charge in [-0.25, -0.2) is 9.97 Å². The van der Waals surface area contributed by atoms with Crippen LogP contribution in [0.3, 0.4) is 0 Å². The van der Waals surface area contributed by atoms with Crippen LogP contribution in [0.5, 0.6) is 5.75 Å². The first-order chi connectivity index (χ1) is 9.26. The Morgan fingerprint density at radius 2 is 2.05 bits per heavy atom. The number of ether oxygens (including phenoxy) is 1. The molecule has 94 valence electrons. The summed E-state index contributed by atoms with van der Waals surface area (Å²) in [5.74, 6) is -0.717. The zero-order chi connectivity index (χ0) is 13.7. The number of Topliss-reactive ketones (excluding diaryl/α,β-unsaturated/α-hetero) is 1. The maximum absolute atomic E-state index is 12.2. The Labute approximate surface area is 110 Å². The second kappa shape index (κ2) is 5.74. The lowest BCUT2D eigenvalue weighted by atomic mass is 9.95. The maximum Gasteiger partial charge on any atom is 0.221 e. The second-order valence-electron chi connectivity index (χ2n) is 3.78. The van der Waals surface area contributed by atoms with Gasteiger partial charge in [0, 0.05) is 12.4 Å². The first-order valence-corrected chi connectivity index (χ1v) is 5.61. The molecule has 0 aliphatic rings. The molecule has 1 unspecified atom stereocenters. The molecular formula is C14H11N3O2. The van der Waals surface area contributed by atoms with E-state index in [0.29, 0.717) is 11.3 Å². The van der Waals surface area contributed by atoms with E-state index in [4.69, 9.17) is 4.74 Å². The van der Waals surface area contributed by atoms with Crippen LogP contribution in [-0.2, 0) is 0 Å². The first-order valence-electron chi connectivity index (χ1n) is 5.61. The van der Waals surface area contributed by atoms with Crippen LogP contribution in [-0.4, -0.2) is 22.9 Å². The molecule has 1 heterocycles. The standard InChI is InChI=1S/C14H11N3O2/c1-19-11-5-2-4-10(8-11)12(9-15)13(18)14-16-6-3-7-17-14/h2-8,12H,1H3. The van der Waals surface area contributed by atoms with E-state index in [9.17, 15) is 10.1 Å². The summed E-state index contributed by atoms with van der Waals surface area (Å²) in [6.45, 7) is 0. The summed E-state index contributed by atoms with van der Waals surface area (Å²) in [7, 11) is 1.53. The lowest BCUT2D eigenvalue weighted by Gasteiger charge is -2.08. The lowest BCUT2D eigenvalue weighted by Crippen LogP contribution is -2.14. The molecule has 0 fully saturated rings. The molecule has 0 radical (unpaired) electrons. The van der Waals surface area contributed by atoms with E-state index >= 15 is 0 Å². The van der Waals surface area contributed by atoms with E-state index in [0.717, 1.165) is 0 Å². The number of benzene rings is 1. The van der Waals surface area contributed by atoms with E-state index in [-0.39, 0.29) is 5.82 Å². The van der Waals surface area contributed by atoms with Crippen molar-refractivity contribution in [2.75, 3.05) is 7.11 Å². The molecule has 0 saturated carbocycles. The Hall–Kier alpha value is -2.74. The van der Waals surface area contributed by atoms with E-state index in [1.165, 1.54) is 19.5 Å². The predicted molar refractivity (Wildman–Crippen MR) is 67.7 cm³/mol. The molecule has 5 heteroatoms. The van der Waals surface area contributed by atoms with Gasteiger partial charge in [-0.2, -0.15) is 5.26 Å². The summed E-state index contributed by atoms with van der Waals surface area (Å²) >= 11 is 0. The van der Waals surface area contributed by atoms with Crippen molar-refractivity contribution in [1.29, 1.82) is 5.26 Å². The summed E-state index contributed by atoms with van der Waals surface area (Å²) < 4.78 is 5.08. The summed E-state index contributed by atoms with van der Waals surface area (Å²) in [6.07, 6.45) is 2.94. The van der Waals surface area contributed by atoms with Gasteiger partial charge < -0.3 is 4.74 Å². The SMILES string of the molecule is COc1cccc(C(C#N)C(=O)c2ncccn2)c1. The second-order valence-corrected chi connectivity index (χ2v) is 3.78. The van der Waals surface area contributed by atoms with Gasteiger partial charge in [-0.1, -0.05) is 12.1 Å². The van der Waals surface area contributed by atoms with Gasteiger partial charge in [-0.15, -0.1) is 0 Å². The Morgan fingerprint density at radius 1 is 1.32 bits per heavy atom. The molecule has 0 amide bonds. The zero-order valence-corrected chi connectivity index (χ0v) is 10.3. The van der Waals surface area contributed by atoms with Crippen molar-refractivity contribution < 1.29 is 9.53 Å². The molecular weight excluding hydrogens is 242 g/mol. The molecule has 1 aromatic carbocycles. The molecule has 1 atom stereocenters. The highest BCUT2D eigenvalue weighted by molar-refractivity contribution is 5.99. The van der Waals surface area contributed by atoms with Gasteiger partial charge in [0.05, 0.1) is 13.2 Å². The third-order valence-corrected chi connectivity index (χ3v) is 2.60. The Balaban J connectivity index is 2.35. The number of nitriles is 1. The van der Waals surface area contributed by atoms with Crippen LogP contribution in [0, 0.1) is 11.3 Å². The van der Waals surface area contributed by atoms with Crippen molar-refractivity contribution in [2.24, 2.45) is 0 Å². The largest absolute Gasteiger partial charge is 0.497 e. The molecule has 19 heavy (non-hydrogen) atoms. The number of carbonyl (C=O) groups is 1. The van der Waals surface area contributed by atoms with Crippen LogP contribution < -0.4 is 4.74 Å². The summed E-state index contributed by atoms with van der Waals surface area (Å²) in [6, 6.07) is 10.4. The fourth-order valence-corrected chi connectivity index (χ4v) is 1.66. The number of hydrogen-bond donors (Lipinski definition) is 0. The van der Waals surface area contributed by atoms with Gasteiger partial charge >= 0.3 is 0 Å². The fraction of sp³-hybridized carbons (Fsp3) is 0.143. The lowest BCUT2D eigenvalue weighted by molar-refractivity contribution is 0.0968. The maximum atomic E-state index is 12.2. The summed E-state index contributed by atoms with van der Waals surface area (Å²) in [5, 5.41) is 9.21. The molecule has 2 rings (SSSR count). The monoisotopic (exact) mass is 253 g/mol. The van der Waals surface area contributed by atoms with Gasteiger partial charge in [-0.05, 0) is 23.8 Å². The third-order valence-electron chi connectivity index (χ3n) is 2.60. The number of aromatic nitrogens is 2. The molecule has 5 nitrogen and oxygen atoms in total. The van der Waals surface area contributed by atoms with Gasteiger partial charge in [-0.3, -0.25) is 4.79 Å². The average Bonchev–Trinajstić information content (AvgIpc) is 2.49. The van der Waals surface area contributed by atoms with Gasteiger partial charge in [0.15, 0.2) is 5.82 Å². The van der Waals surface area contributed by atoms with E-state index in [1.807, 2.05) is 6.07 Å². The highest BCUT2D eigenvalue weighted by Gasteiger charge is 2.24. The minimum atomic E-state index is -0.933. The summed E-state index contributed by atoms with van der Waals surface area (Å²) in [5.41, 5.74) is 0.569. The fourth-order valence-electron chi connectivity index (χ4n) is 1.66. The van der Waals surface area contributed by atoms with E-state index in [2.05, 4.69) is 9.97 Å². The molecule has 2 aromatic rings. The van der Waals surface area contributed by atoms with Crippen LogP contribution in [0.1, 0.15) is 22.1 Å². The molecule has 0 N–H and O–H groups in total. The third kappa shape index (κ3) is 2.75.